The van der Waals surface area contributed by atoms with Gasteiger partial charge in [-0.05, 0) is 45.3 Å². The molecule has 1 aliphatic heterocycles. The molecule has 112 valence electrons. The lowest BCUT2D eigenvalue weighted by Crippen LogP contribution is -2.35. The Morgan fingerprint density at radius 2 is 2.10 bits per heavy atom. The summed E-state index contributed by atoms with van der Waals surface area (Å²) in [7, 11) is 2.16. The molecule has 4 nitrogen and oxygen atoms in total. The summed E-state index contributed by atoms with van der Waals surface area (Å²) in [6, 6.07) is 4.14. The van der Waals surface area contributed by atoms with Crippen LogP contribution in [0.5, 0.6) is 5.88 Å². The highest BCUT2D eigenvalue weighted by Gasteiger charge is 2.18. The van der Waals surface area contributed by atoms with Crippen molar-refractivity contribution < 1.29 is 4.74 Å². The van der Waals surface area contributed by atoms with Crippen molar-refractivity contribution in [1.82, 2.24) is 15.2 Å². The number of piperidine rings is 1. The van der Waals surface area contributed by atoms with Gasteiger partial charge < -0.3 is 15.0 Å². The predicted molar refractivity (Wildman–Crippen MR) is 82.1 cm³/mol. The first-order chi connectivity index (χ1) is 9.69. The Morgan fingerprint density at radius 3 is 2.75 bits per heavy atom. The first kappa shape index (κ1) is 15.3. The molecule has 0 radical (unpaired) electrons. The van der Waals surface area contributed by atoms with Gasteiger partial charge in [-0.3, -0.25) is 0 Å². The molecule has 1 aromatic rings. The second-order valence-electron chi connectivity index (χ2n) is 5.69. The minimum atomic E-state index is 0.321. The molecule has 1 N–H and O–H groups in total. The molecule has 1 saturated heterocycles. The number of likely N-dealkylation sites (tertiary alicyclic amines) is 1. The van der Waals surface area contributed by atoms with Gasteiger partial charge in [0.2, 0.25) is 5.88 Å². The summed E-state index contributed by atoms with van der Waals surface area (Å²) in [5.41, 5.74) is 2.33. The van der Waals surface area contributed by atoms with Gasteiger partial charge in [0.15, 0.2) is 0 Å². The molecule has 2 heterocycles. The Morgan fingerprint density at radius 1 is 1.35 bits per heavy atom. The second-order valence-corrected chi connectivity index (χ2v) is 5.69. The maximum atomic E-state index is 6.01. The molecule has 0 bridgehead atoms. The van der Waals surface area contributed by atoms with Gasteiger partial charge in [0.05, 0.1) is 0 Å². The van der Waals surface area contributed by atoms with Gasteiger partial charge in [0.1, 0.15) is 6.10 Å². The van der Waals surface area contributed by atoms with Crippen LogP contribution in [-0.2, 0) is 6.54 Å². The van der Waals surface area contributed by atoms with Crippen LogP contribution in [0.25, 0.3) is 0 Å². The third kappa shape index (κ3) is 4.46. The van der Waals surface area contributed by atoms with Crippen LogP contribution in [0.1, 0.15) is 37.4 Å². The standard InChI is InChI=1S/C16H27N3O/c1-4-9-17-12-14-5-6-16(18-13(14)2)20-15-7-10-19(3)11-8-15/h5-6,15,17H,4,7-12H2,1-3H3. The van der Waals surface area contributed by atoms with Crippen LogP contribution in [0.4, 0.5) is 0 Å². The quantitative estimate of drug-likeness (QED) is 0.810. The highest BCUT2D eigenvalue weighted by Crippen LogP contribution is 2.18. The van der Waals surface area contributed by atoms with Gasteiger partial charge in [-0.25, -0.2) is 4.98 Å². The molecular weight excluding hydrogens is 250 g/mol. The van der Waals surface area contributed by atoms with Crippen molar-refractivity contribution in [3.05, 3.63) is 23.4 Å². The van der Waals surface area contributed by atoms with Crippen LogP contribution >= 0.6 is 0 Å². The largest absolute Gasteiger partial charge is 0.474 e. The molecule has 20 heavy (non-hydrogen) atoms. The SMILES string of the molecule is CCCNCc1ccc(OC2CCN(C)CC2)nc1C. The number of aromatic nitrogens is 1. The number of ether oxygens (including phenoxy) is 1. The maximum absolute atomic E-state index is 6.01. The lowest BCUT2D eigenvalue weighted by atomic mass is 10.1. The van der Waals surface area contributed by atoms with E-state index in [1.54, 1.807) is 0 Å². The number of nitrogens with one attached hydrogen (secondary N) is 1. The predicted octanol–water partition coefficient (Wildman–Crippen LogP) is 2.36. The van der Waals surface area contributed by atoms with E-state index in [0.29, 0.717) is 6.10 Å². The summed E-state index contributed by atoms with van der Waals surface area (Å²) in [4.78, 5) is 6.94. The molecular formula is C16H27N3O. The van der Waals surface area contributed by atoms with E-state index in [1.165, 1.54) is 5.56 Å². The molecule has 0 atom stereocenters. The van der Waals surface area contributed by atoms with Gasteiger partial charge in [0, 0.05) is 31.4 Å². The lowest BCUT2D eigenvalue weighted by molar-refractivity contribution is 0.110. The Labute approximate surface area is 122 Å². The van der Waals surface area contributed by atoms with E-state index in [4.69, 9.17) is 4.74 Å². The van der Waals surface area contributed by atoms with Gasteiger partial charge in [-0.2, -0.15) is 0 Å². The summed E-state index contributed by atoms with van der Waals surface area (Å²) >= 11 is 0. The summed E-state index contributed by atoms with van der Waals surface area (Å²) in [5.74, 6) is 0.774. The van der Waals surface area contributed by atoms with E-state index >= 15 is 0 Å². The number of nitrogens with zero attached hydrogens (tertiary/aromatic N) is 2. The Hall–Kier alpha value is -1.13. The average molecular weight is 277 g/mol. The van der Waals surface area contributed by atoms with E-state index in [9.17, 15) is 0 Å². The van der Waals surface area contributed by atoms with Gasteiger partial charge in [-0.1, -0.05) is 13.0 Å². The summed E-state index contributed by atoms with van der Waals surface area (Å²) in [6.07, 6.45) is 3.67. The highest BCUT2D eigenvalue weighted by molar-refractivity contribution is 5.25. The third-order valence-electron chi connectivity index (χ3n) is 3.86. The smallest absolute Gasteiger partial charge is 0.213 e. The van der Waals surface area contributed by atoms with Gasteiger partial charge >= 0.3 is 0 Å². The van der Waals surface area contributed by atoms with E-state index in [0.717, 1.165) is 57.0 Å². The molecule has 0 amide bonds. The van der Waals surface area contributed by atoms with E-state index in [2.05, 4.69) is 42.2 Å². The average Bonchev–Trinajstić information content (AvgIpc) is 2.44. The number of pyridine rings is 1. The molecule has 2 rings (SSSR count). The van der Waals surface area contributed by atoms with Crippen molar-refractivity contribution in [2.24, 2.45) is 0 Å². The fourth-order valence-corrected chi connectivity index (χ4v) is 2.49. The highest BCUT2D eigenvalue weighted by atomic mass is 16.5. The molecule has 0 aromatic carbocycles. The first-order valence-electron chi connectivity index (χ1n) is 7.71. The second kappa shape index (κ2) is 7.60. The molecule has 0 saturated carbocycles. The van der Waals surface area contributed by atoms with Crippen LogP contribution in [0.2, 0.25) is 0 Å². The molecule has 4 heteroatoms. The van der Waals surface area contributed by atoms with Gasteiger partial charge in [0.25, 0.3) is 0 Å². The van der Waals surface area contributed by atoms with Crippen LogP contribution in [-0.4, -0.2) is 42.7 Å². The minimum absolute atomic E-state index is 0.321. The van der Waals surface area contributed by atoms with E-state index < -0.39 is 0 Å². The van der Waals surface area contributed by atoms with Crippen LogP contribution in [0, 0.1) is 6.92 Å². The Kier molecular flexibility index (Phi) is 5.80. The summed E-state index contributed by atoms with van der Waals surface area (Å²) < 4.78 is 6.01. The van der Waals surface area contributed by atoms with Crippen molar-refractivity contribution in [3.8, 4) is 5.88 Å². The Bertz CT molecular complexity index is 414. The molecule has 1 aliphatic rings. The monoisotopic (exact) mass is 277 g/mol. The zero-order valence-corrected chi connectivity index (χ0v) is 13.0. The third-order valence-corrected chi connectivity index (χ3v) is 3.86. The van der Waals surface area contributed by atoms with E-state index in [-0.39, 0.29) is 0 Å². The first-order valence-corrected chi connectivity index (χ1v) is 7.71. The molecule has 0 unspecified atom stereocenters. The van der Waals surface area contributed by atoms with Crippen molar-refractivity contribution in [1.29, 1.82) is 0 Å². The normalized spacial score (nSPS) is 17.4. The zero-order chi connectivity index (χ0) is 14.4. The minimum Gasteiger partial charge on any atom is -0.474 e. The van der Waals surface area contributed by atoms with Crippen LogP contribution in [0.3, 0.4) is 0 Å². The Balaban J connectivity index is 1.88. The summed E-state index contributed by atoms with van der Waals surface area (Å²) in [6.45, 7) is 8.40. The van der Waals surface area contributed by atoms with Crippen molar-refractivity contribution in [2.45, 2.75) is 45.8 Å². The fraction of sp³-hybridized carbons (Fsp3) is 0.688. The fourth-order valence-electron chi connectivity index (χ4n) is 2.49. The molecule has 0 spiro atoms. The van der Waals surface area contributed by atoms with Crippen molar-refractivity contribution >= 4 is 0 Å². The lowest BCUT2D eigenvalue weighted by Gasteiger charge is -2.29. The zero-order valence-electron chi connectivity index (χ0n) is 13.0. The number of aryl methyl sites for hydroxylation is 1. The molecule has 0 aliphatic carbocycles. The number of hydrogen-bond donors (Lipinski definition) is 1. The van der Waals surface area contributed by atoms with Crippen LogP contribution in [0.15, 0.2) is 12.1 Å². The number of rotatable bonds is 6. The van der Waals surface area contributed by atoms with Crippen LogP contribution < -0.4 is 10.1 Å². The van der Waals surface area contributed by atoms with Gasteiger partial charge in [-0.15, -0.1) is 0 Å². The van der Waals surface area contributed by atoms with Crippen molar-refractivity contribution in [2.75, 3.05) is 26.7 Å². The van der Waals surface area contributed by atoms with Crippen molar-refractivity contribution in [3.63, 3.8) is 0 Å². The molecule has 1 aromatic heterocycles. The maximum Gasteiger partial charge on any atom is 0.213 e. The molecule has 1 fully saturated rings. The topological polar surface area (TPSA) is 37.4 Å². The summed E-state index contributed by atoms with van der Waals surface area (Å²) in [5, 5.41) is 3.41. The number of hydrogen-bond acceptors (Lipinski definition) is 4. The van der Waals surface area contributed by atoms with E-state index in [1.807, 2.05) is 6.07 Å².